The number of aliphatic hydroxyl groups is 2. The Morgan fingerprint density at radius 2 is 2.08 bits per heavy atom. The van der Waals surface area contributed by atoms with E-state index in [1.165, 1.54) is 0 Å². The second-order valence-corrected chi connectivity index (χ2v) is 10.7. The lowest BCUT2D eigenvalue weighted by Crippen LogP contribution is -2.68. The summed E-state index contributed by atoms with van der Waals surface area (Å²) in [5.74, 6) is 1.16. The minimum absolute atomic E-state index is 0.130. The monoisotopic (exact) mass is 357 g/mol. The average Bonchev–Trinajstić information content (AvgIpc) is 3.14. The van der Waals surface area contributed by atoms with Crippen molar-refractivity contribution in [1.82, 2.24) is 4.90 Å². The van der Waals surface area contributed by atoms with Crippen LogP contribution in [-0.4, -0.2) is 52.2 Å². The maximum atomic E-state index is 13.0. The minimum atomic E-state index is -0.561. The highest BCUT2D eigenvalue weighted by molar-refractivity contribution is 5.87. The first-order chi connectivity index (χ1) is 12.3. The van der Waals surface area contributed by atoms with Crippen molar-refractivity contribution in [2.75, 3.05) is 13.1 Å². The molecule has 2 N–H and O–H groups in total. The van der Waals surface area contributed by atoms with Crippen LogP contribution in [0.1, 0.15) is 46.0 Å². The van der Waals surface area contributed by atoms with Crippen molar-refractivity contribution < 1.29 is 15.0 Å². The first kappa shape index (κ1) is 16.3. The number of Topliss-reactive ketones (excluding diaryl/α,β-unsaturated/α-hetero) is 1. The average molecular weight is 357 g/mol. The molecule has 1 heterocycles. The topological polar surface area (TPSA) is 60.8 Å². The molecule has 142 valence electrons. The van der Waals surface area contributed by atoms with Crippen LogP contribution in [0, 0.1) is 39.9 Å². The van der Waals surface area contributed by atoms with Gasteiger partial charge in [0, 0.05) is 35.8 Å². The van der Waals surface area contributed by atoms with Gasteiger partial charge in [-0.2, -0.15) is 0 Å². The van der Waals surface area contributed by atoms with E-state index >= 15 is 0 Å². The lowest BCUT2D eigenvalue weighted by Gasteiger charge is -2.65. The molecule has 4 nitrogen and oxygen atoms in total. The Labute approximate surface area is 155 Å². The second-order valence-electron chi connectivity index (χ2n) is 10.7. The van der Waals surface area contributed by atoms with Gasteiger partial charge in [0.15, 0.2) is 0 Å². The number of aliphatic hydroxyl groups excluding tert-OH is 2. The van der Waals surface area contributed by atoms with Gasteiger partial charge in [0.2, 0.25) is 0 Å². The highest BCUT2D eigenvalue weighted by Crippen LogP contribution is 2.83. The molecule has 1 aliphatic heterocycles. The molecule has 5 aliphatic carbocycles. The van der Waals surface area contributed by atoms with E-state index in [0.717, 1.165) is 44.3 Å². The van der Waals surface area contributed by atoms with Crippen molar-refractivity contribution in [1.29, 1.82) is 0 Å². The maximum absolute atomic E-state index is 13.0. The predicted octanol–water partition coefficient (Wildman–Crippen LogP) is 2.00. The zero-order valence-electron chi connectivity index (χ0n) is 15.9. The Bertz CT molecular complexity index is 735. The van der Waals surface area contributed by atoms with Gasteiger partial charge in [0.25, 0.3) is 0 Å². The van der Waals surface area contributed by atoms with E-state index in [0.29, 0.717) is 24.3 Å². The van der Waals surface area contributed by atoms with Gasteiger partial charge in [-0.25, -0.2) is 0 Å². The van der Waals surface area contributed by atoms with Crippen LogP contribution in [0.4, 0.5) is 0 Å². The van der Waals surface area contributed by atoms with Gasteiger partial charge >= 0.3 is 0 Å². The zero-order valence-corrected chi connectivity index (χ0v) is 15.9. The first-order valence-corrected chi connectivity index (χ1v) is 10.6. The highest BCUT2D eigenvalue weighted by Gasteiger charge is 2.85. The zero-order chi connectivity index (χ0) is 18.2. The van der Waals surface area contributed by atoms with Gasteiger partial charge in [-0.3, -0.25) is 9.69 Å². The Hall–Kier alpha value is -0.710. The molecule has 5 saturated carbocycles. The third kappa shape index (κ3) is 1.33. The molecule has 0 amide bonds. The fourth-order valence-electron chi connectivity index (χ4n) is 9.75. The molecule has 2 spiro atoms. The quantitative estimate of drug-likeness (QED) is 0.705. The summed E-state index contributed by atoms with van der Waals surface area (Å²) in [4.78, 5) is 15.6. The molecule has 2 unspecified atom stereocenters. The van der Waals surface area contributed by atoms with Crippen molar-refractivity contribution in [3.05, 3.63) is 12.2 Å². The lowest BCUT2D eigenvalue weighted by atomic mass is 9.43. The van der Waals surface area contributed by atoms with E-state index in [-0.39, 0.29) is 40.0 Å². The summed E-state index contributed by atoms with van der Waals surface area (Å²) in [6.45, 7) is 10.9. The third-order valence-corrected chi connectivity index (χ3v) is 10.4. The molecule has 10 atom stereocenters. The van der Waals surface area contributed by atoms with Gasteiger partial charge in [-0.1, -0.05) is 20.4 Å². The smallest absolute Gasteiger partial charge is 0.140 e. The molecule has 0 aromatic heterocycles. The molecule has 0 radical (unpaired) electrons. The number of nitrogens with zero attached hydrogens (tertiary/aromatic N) is 1. The van der Waals surface area contributed by atoms with E-state index in [9.17, 15) is 15.0 Å². The van der Waals surface area contributed by atoms with Crippen LogP contribution in [0.2, 0.25) is 0 Å². The molecule has 0 aromatic rings. The number of fused-ring (bicyclic) bond motifs is 1. The number of carbonyl (C=O) groups is 1. The maximum Gasteiger partial charge on any atom is 0.140 e. The van der Waals surface area contributed by atoms with Crippen molar-refractivity contribution >= 4 is 5.78 Å². The molecule has 4 heteroatoms. The van der Waals surface area contributed by atoms with Gasteiger partial charge < -0.3 is 10.2 Å². The summed E-state index contributed by atoms with van der Waals surface area (Å²) in [6.07, 6.45) is 3.50. The van der Waals surface area contributed by atoms with E-state index < -0.39 is 6.10 Å². The third-order valence-electron chi connectivity index (χ3n) is 10.4. The van der Waals surface area contributed by atoms with Crippen LogP contribution >= 0.6 is 0 Å². The Morgan fingerprint density at radius 3 is 2.81 bits per heavy atom. The van der Waals surface area contributed by atoms with E-state index in [1.807, 2.05) is 0 Å². The molecule has 6 fully saturated rings. The highest BCUT2D eigenvalue weighted by atomic mass is 16.3. The number of piperidine rings is 1. The van der Waals surface area contributed by atoms with Gasteiger partial charge in [0.1, 0.15) is 5.78 Å². The lowest BCUT2D eigenvalue weighted by molar-refractivity contribution is -0.211. The van der Waals surface area contributed by atoms with Crippen LogP contribution in [0.25, 0.3) is 0 Å². The number of carbonyl (C=O) groups excluding carboxylic acids is 1. The molecular formula is C22H31NO3. The molecular weight excluding hydrogens is 326 g/mol. The number of rotatable bonds is 1. The fraction of sp³-hybridized carbons (Fsp3) is 0.864. The Morgan fingerprint density at radius 1 is 1.31 bits per heavy atom. The molecule has 7 bridgehead atoms. The molecule has 1 saturated heterocycles. The number of likely N-dealkylation sites (tertiary alicyclic amines) is 1. The summed E-state index contributed by atoms with van der Waals surface area (Å²) in [5, 5.41) is 22.8. The minimum Gasteiger partial charge on any atom is -0.392 e. The van der Waals surface area contributed by atoms with Crippen LogP contribution < -0.4 is 0 Å². The SMILES string of the molecule is C=C1[C@@H]2C[C@]3([C@@H]1O)[C@H]1C[C@H]4C5(C(O)CC[C@@]4(C)CN(CC)[C@@H]15)[C@@H]3CC2=O. The van der Waals surface area contributed by atoms with Crippen LogP contribution in [0.15, 0.2) is 12.2 Å². The normalized spacial score (nSPS) is 62.7. The van der Waals surface area contributed by atoms with Crippen molar-refractivity contribution in [3.8, 4) is 0 Å². The second kappa shape index (κ2) is 4.47. The van der Waals surface area contributed by atoms with E-state index in [4.69, 9.17) is 0 Å². The van der Waals surface area contributed by atoms with Crippen molar-refractivity contribution in [3.63, 3.8) is 0 Å². The Kier molecular flexibility index (Phi) is 2.80. The van der Waals surface area contributed by atoms with Crippen LogP contribution in [-0.2, 0) is 4.79 Å². The summed E-state index contributed by atoms with van der Waals surface area (Å²) in [6, 6.07) is 0.331. The number of hydrogen-bond donors (Lipinski definition) is 2. The van der Waals surface area contributed by atoms with E-state index in [2.05, 4.69) is 25.3 Å². The van der Waals surface area contributed by atoms with Gasteiger partial charge in [-0.15, -0.1) is 0 Å². The Balaban J connectivity index is 1.62. The molecule has 0 aromatic carbocycles. The summed E-state index contributed by atoms with van der Waals surface area (Å²) >= 11 is 0. The summed E-state index contributed by atoms with van der Waals surface area (Å²) in [7, 11) is 0. The van der Waals surface area contributed by atoms with Gasteiger partial charge in [0.05, 0.1) is 12.2 Å². The molecule has 6 rings (SSSR count). The number of ketones is 1. The number of hydrogen-bond acceptors (Lipinski definition) is 4. The van der Waals surface area contributed by atoms with Crippen LogP contribution in [0.3, 0.4) is 0 Å². The molecule has 26 heavy (non-hydrogen) atoms. The van der Waals surface area contributed by atoms with E-state index in [1.54, 1.807) is 0 Å². The first-order valence-electron chi connectivity index (χ1n) is 10.6. The van der Waals surface area contributed by atoms with Crippen LogP contribution in [0.5, 0.6) is 0 Å². The van der Waals surface area contributed by atoms with Gasteiger partial charge in [-0.05, 0) is 61.0 Å². The largest absolute Gasteiger partial charge is 0.392 e. The summed E-state index contributed by atoms with van der Waals surface area (Å²) < 4.78 is 0. The fourth-order valence-corrected chi connectivity index (χ4v) is 9.75. The van der Waals surface area contributed by atoms with Crippen molar-refractivity contribution in [2.24, 2.45) is 39.9 Å². The standard InChI is InChI=1S/C22H31NO3/c1-4-23-10-20(3)6-5-17(25)22-15(20)7-13(18(22)23)21-9-12(11(2)19(21)26)14(24)8-16(21)22/h12-13,15-19,25-26H,2,4-10H2,1,3H3/t12-,13-,15+,16+,17?,18-,19+,20-,21-,22?/m0/s1. The van der Waals surface area contributed by atoms with Crippen molar-refractivity contribution in [2.45, 2.75) is 64.2 Å². The predicted molar refractivity (Wildman–Crippen MR) is 97.2 cm³/mol. The summed E-state index contributed by atoms with van der Waals surface area (Å²) in [5.41, 5.74) is 0.598. The molecule has 6 aliphatic rings.